The number of ketones is 4. The van der Waals surface area contributed by atoms with Crippen LogP contribution in [0.2, 0.25) is 0 Å². The molecule has 0 aromatic rings. The number of carbonyl (C=O) groups is 8. The lowest BCUT2D eigenvalue weighted by Gasteiger charge is -2.26. The van der Waals surface area contributed by atoms with E-state index in [1.807, 2.05) is 157 Å². The molecule has 0 spiro atoms. The quantitative estimate of drug-likeness (QED) is 0.0603. The second-order valence-corrected chi connectivity index (χ2v) is 33.0. The van der Waals surface area contributed by atoms with E-state index in [0.29, 0.717) is 38.9 Å². The number of likely N-dealkylation sites (N-methyl/N-ethyl adjacent to an activating group) is 1. The summed E-state index contributed by atoms with van der Waals surface area (Å²) < 4.78 is 19.9. The first-order chi connectivity index (χ1) is 41.0. The molecule has 0 aliphatic rings. The SMILES string of the molecule is C/C=C/C(=O)CCC(C)(C)C.C/C=C/C(=O)OC(C)C(C)(C)C.C/C=C/C(=O)OCC(C)(C)C.C=CC(=O)OC(C)C(C)(C)C.C=CC(=O)OCC(C)(C)C.CC(C)=CC(=O)CC(C)(C)C.CC(C)=CC(=O)CCC(C)(C)C.CN(C)C/C=C/C(=O)CCC(C)(C)C. The Morgan fingerprint density at radius 3 is 0.978 bits per heavy atom. The number of allylic oxidation sites excluding steroid dienone is 9. The van der Waals surface area contributed by atoms with Gasteiger partial charge in [0.1, 0.15) is 12.2 Å². The number of hydrogen-bond donors (Lipinski definition) is 0. The molecule has 0 bridgehead atoms. The van der Waals surface area contributed by atoms with Gasteiger partial charge in [0.05, 0.1) is 13.2 Å². The van der Waals surface area contributed by atoms with E-state index in [2.05, 4.69) is 96.2 Å². The van der Waals surface area contributed by atoms with E-state index in [4.69, 9.17) is 18.9 Å². The van der Waals surface area contributed by atoms with Crippen LogP contribution in [0.25, 0.3) is 0 Å². The molecule has 2 unspecified atom stereocenters. The third-order valence-corrected chi connectivity index (χ3v) is 11.4. The van der Waals surface area contributed by atoms with E-state index in [0.717, 1.165) is 37.0 Å². The molecule has 2 atom stereocenters. The Bertz CT molecular complexity index is 2230. The molecular weight excluding hydrogens is 1150 g/mol. The lowest BCUT2D eigenvalue weighted by Crippen LogP contribution is -2.28. The fraction of sp³-hybridized carbons (Fsp3) is 0.696. The Morgan fingerprint density at radius 2 is 0.696 bits per heavy atom. The minimum atomic E-state index is -0.354. The maximum absolute atomic E-state index is 11.4. The number of rotatable bonds is 21. The van der Waals surface area contributed by atoms with Crippen molar-refractivity contribution in [1.29, 1.82) is 0 Å². The largest absolute Gasteiger partial charge is 0.462 e. The Labute approximate surface area is 566 Å². The molecule has 0 saturated carbocycles. The second-order valence-electron chi connectivity index (χ2n) is 33.0. The average Bonchev–Trinajstić information content (AvgIpc) is 1.31. The van der Waals surface area contributed by atoms with Gasteiger partial charge in [0.15, 0.2) is 23.1 Å². The first-order valence-corrected chi connectivity index (χ1v) is 32.7. The van der Waals surface area contributed by atoms with Crippen molar-refractivity contribution in [3.8, 4) is 0 Å². The molecule has 0 saturated heterocycles. The van der Waals surface area contributed by atoms with E-state index >= 15 is 0 Å². The first-order valence-electron chi connectivity index (χ1n) is 32.7. The number of hydrogen-bond acceptors (Lipinski definition) is 13. The van der Waals surface area contributed by atoms with Crippen molar-refractivity contribution in [1.82, 2.24) is 4.90 Å². The van der Waals surface area contributed by atoms with Crippen LogP contribution in [0, 0.1) is 43.3 Å². The maximum Gasteiger partial charge on any atom is 0.330 e. The van der Waals surface area contributed by atoms with E-state index in [9.17, 15) is 38.4 Å². The van der Waals surface area contributed by atoms with Crippen molar-refractivity contribution >= 4 is 47.0 Å². The van der Waals surface area contributed by atoms with Gasteiger partial charge in [-0.25, -0.2) is 19.2 Å². The highest BCUT2D eigenvalue weighted by molar-refractivity contribution is 5.91. The van der Waals surface area contributed by atoms with Gasteiger partial charge in [-0.2, -0.15) is 0 Å². The van der Waals surface area contributed by atoms with E-state index in [1.54, 1.807) is 56.4 Å². The lowest BCUT2D eigenvalue weighted by molar-refractivity contribution is -0.147. The van der Waals surface area contributed by atoms with Gasteiger partial charge in [-0.15, -0.1) is 0 Å². The molecule has 13 heteroatoms. The molecule has 0 rings (SSSR count). The molecule has 0 aromatic heterocycles. The predicted octanol–water partition coefficient (Wildman–Crippen LogP) is 20.4. The summed E-state index contributed by atoms with van der Waals surface area (Å²) >= 11 is 0. The zero-order valence-electron chi connectivity index (χ0n) is 65.9. The summed E-state index contributed by atoms with van der Waals surface area (Å²) in [5.41, 5.74) is 3.19. The molecule has 0 amide bonds. The monoisotopic (exact) mass is 1300 g/mol. The Kier molecular flexibility index (Phi) is 58.8. The van der Waals surface area contributed by atoms with E-state index < -0.39 is 0 Å². The minimum absolute atomic E-state index is 0.00132. The topological polar surface area (TPSA) is 177 Å². The molecule has 0 aliphatic carbocycles. The molecule has 0 fully saturated rings. The van der Waals surface area contributed by atoms with E-state index in [1.165, 1.54) is 24.3 Å². The normalized spacial score (nSPS) is 12.3. The Balaban J connectivity index is -0.000000146. The van der Waals surface area contributed by atoms with Crippen LogP contribution in [-0.2, 0) is 57.3 Å². The second kappa shape index (κ2) is 52.8. The van der Waals surface area contributed by atoms with Crippen LogP contribution in [0.1, 0.15) is 273 Å². The number of esters is 4. The summed E-state index contributed by atoms with van der Waals surface area (Å²) in [6.07, 6.45) is 24.5. The Hall–Kier alpha value is -5.56. The van der Waals surface area contributed by atoms with Crippen molar-refractivity contribution in [3.63, 3.8) is 0 Å². The third-order valence-electron chi connectivity index (χ3n) is 11.4. The third kappa shape index (κ3) is 101. The average molecular weight is 1300 g/mol. The molecular formula is C79H143NO12. The van der Waals surface area contributed by atoms with Crippen molar-refractivity contribution in [3.05, 3.63) is 97.2 Å². The van der Waals surface area contributed by atoms with Gasteiger partial charge in [-0.3, -0.25) is 19.2 Å². The highest BCUT2D eigenvalue weighted by atomic mass is 16.6. The molecule has 536 valence electrons. The van der Waals surface area contributed by atoms with Crippen molar-refractivity contribution in [2.24, 2.45) is 43.3 Å². The van der Waals surface area contributed by atoms with Gasteiger partial charge >= 0.3 is 23.9 Å². The summed E-state index contributed by atoms with van der Waals surface area (Å²) in [6, 6.07) is 0. The van der Waals surface area contributed by atoms with Crippen LogP contribution >= 0.6 is 0 Å². The summed E-state index contributed by atoms with van der Waals surface area (Å²) in [5, 5.41) is 0. The molecule has 0 heterocycles. The van der Waals surface area contributed by atoms with Crippen LogP contribution in [0.3, 0.4) is 0 Å². The lowest BCUT2D eigenvalue weighted by atomic mass is 9.89. The number of ether oxygens (including phenoxy) is 4. The van der Waals surface area contributed by atoms with Crippen LogP contribution in [0.15, 0.2) is 97.2 Å². The fourth-order valence-corrected chi connectivity index (χ4v) is 5.28. The molecule has 92 heavy (non-hydrogen) atoms. The summed E-state index contributed by atoms with van der Waals surface area (Å²) in [7, 11) is 3.98. The van der Waals surface area contributed by atoms with Gasteiger partial charge < -0.3 is 23.8 Å². The van der Waals surface area contributed by atoms with Gasteiger partial charge in [0.2, 0.25) is 0 Å². The van der Waals surface area contributed by atoms with Crippen molar-refractivity contribution in [2.45, 2.75) is 286 Å². The smallest absolute Gasteiger partial charge is 0.330 e. The van der Waals surface area contributed by atoms with Gasteiger partial charge in [0.25, 0.3) is 0 Å². The zero-order chi connectivity index (χ0) is 74.9. The van der Waals surface area contributed by atoms with Gasteiger partial charge in [-0.05, 0) is 163 Å². The van der Waals surface area contributed by atoms with Gasteiger partial charge in [0, 0.05) is 56.5 Å². The fourth-order valence-electron chi connectivity index (χ4n) is 5.28. The van der Waals surface area contributed by atoms with Crippen LogP contribution in [0.4, 0.5) is 0 Å². The first kappa shape index (κ1) is 103. The number of carbonyl (C=O) groups excluding carboxylic acids is 8. The molecule has 13 nitrogen and oxygen atoms in total. The molecule has 0 N–H and O–H groups in total. The predicted molar refractivity (Wildman–Crippen MR) is 392 cm³/mol. The Morgan fingerprint density at radius 1 is 0.391 bits per heavy atom. The highest BCUT2D eigenvalue weighted by Gasteiger charge is 2.24. The minimum Gasteiger partial charge on any atom is -0.462 e. The molecule has 0 aromatic carbocycles. The standard InChI is InChI=1S/C12H23NO.C11H20O.C10H18O2.2C10H18O.2C9H16O2.C8H14O2/c1-12(2,3)9-8-11(14)7-6-10-13(4)5;1-9(2)8-10(12)6-7-11(3,4)5;1-6-7-9(11)12-8(2)10(3,4)5;1-8(2)6-9(11)7-10(3,4)5;1-5-6-9(11)7-8-10(2,3)4;1-6-8(10)11-7(2)9(3,4)5;1-5-6-8(10)11-7-9(2,3)4;1-5-7(9)10-6-8(2,3)4/h6-7H,8-10H2,1-5H3;8H,6-7H2,1-5H3;6-8H,1-5H3;6H,7H2,1-5H3;5-6H,7-8H2,1-4H3;6-7H,1H2,2-5H3;5-6H,7H2,1-4H3;5H,1,6H2,2-4H3/b7-6+;;7-6+;;6-5+;;6-5+;. The molecule has 0 aliphatic heterocycles. The highest BCUT2D eigenvalue weighted by Crippen LogP contribution is 2.25. The zero-order valence-corrected chi connectivity index (χ0v) is 65.9. The van der Waals surface area contributed by atoms with Gasteiger partial charge in [-0.1, -0.05) is 215 Å². The van der Waals surface area contributed by atoms with Crippen molar-refractivity contribution in [2.75, 3.05) is 33.9 Å². The van der Waals surface area contributed by atoms with E-state index in [-0.39, 0.29) is 103 Å². The summed E-state index contributed by atoms with van der Waals surface area (Å²) in [5.74, 6) is -0.267. The molecule has 0 radical (unpaired) electrons. The van der Waals surface area contributed by atoms with Crippen LogP contribution in [-0.4, -0.2) is 98.0 Å². The number of nitrogens with zero attached hydrogens (tertiary/aromatic N) is 1. The summed E-state index contributed by atoms with van der Waals surface area (Å²) in [4.78, 5) is 89.8. The van der Waals surface area contributed by atoms with Crippen molar-refractivity contribution < 1.29 is 57.3 Å². The summed E-state index contributed by atoms with van der Waals surface area (Å²) in [6.45, 7) is 75.3. The maximum atomic E-state index is 11.4. The van der Waals surface area contributed by atoms with Crippen LogP contribution < -0.4 is 0 Å². The van der Waals surface area contributed by atoms with Crippen LogP contribution in [0.5, 0.6) is 0 Å².